The number of halogens is 1. The molecule has 2 rings (SSSR count). The maximum Gasteiger partial charge on any atom is 0.303 e. The van der Waals surface area contributed by atoms with Gasteiger partial charge in [0.1, 0.15) is 5.69 Å². The van der Waals surface area contributed by atoms with Crippen LogP contribution in [0.3, 0.4) is 0 Å². The van der Waals surface area contributed by atoms with E-state index in [4.69, 9.17) is 16.7 Å². The van der Waals surface area contributed by atoms with E-state index in [1.165, 1.54) is 0 Å². The average molecular weight is 285 g/mol. The summed E-state index contributed by atoms with van der Waals surface area (Å²) in [7, 11) is 0. The maximum atomic E-state index is 12.4. The summed E-state index contributed by atoms with van der Waals surface area (Å²) in [5.74, 6) is -0.914. The number of carbonyl (C=O) groups excluding carboxylic acids is 1. The molecule has 104 valence electrons. The molecule has 2 heterocycles. The lowest BCUT2D eigenvalue weighted by Crippen LogP contribution is -2.44. The van der Waals surface area contributed by atoms with Crippen LogP contribution in [0.1, 0.15) is 42.6 Å². The van der Waals surface area contributed by atoms with Crippen molar-refractivity contribution in [3.05, 3.63) is 23.0 Å². The van der Waals surface area contributed by atoms with Gasteiger partial charge in [0.25, 0.3) is 5.91 Å². The van der Waals surface area contributed by atoms with Gasteiger partial charge in [-0.1, -0.05) is 11.6 Å². The Morgan fingerprint density at radius 1 is 1.47 bits per heavy atom. The van der Waals surface area contributed by atoms with Gasteiger partial charge in [0.2, 0.25) is 0 Å². The zero-order valence-electron chi connectivity index (χ0n) is 10.6. The van der Waals surface area contributed by atoms with Gasteiger partial charge in [-0.05, 0) is 31.7 Å². The lowest BCUT2D eigenvalue weighted by atomic mass is 9.97. The van der Waals surface area contributed by atoms with Crippen LogP contribution >= 0.6 is 11.6 Å². The number of nitrogens with one attached hydrogen (secondary N) is 1. The van der Waals surface area contributed by atoms with Crippen LogP contribution < -0.4 is 0 Å². The van der Waals surface area contributed by atoms with Gasteiger partial charge in [0.05, 0.1) is 5.02 Å². The highest BCUT2D eigenvalue weighted by Gasteiger charge is 2.28. The molecule has 1 aromatic heterocycles. The third kappa shape index (κ3) is 3.50. The normalized spacial score (nSPS) is 19.4. The number of carboxylic acids is 1. The molecule has 19 heavy (non-hydrogen) atoms. The Morgan fingerprint density at radius 3 is 2.89 bits per heavy atom. The predicted octanol–water partition coefficient (Wildman–Crippen LogP) is 2.53. The minimum Gasteiger partial charge on any atom is -0.481 e. The van der Waals surface area contributed by atoms with Gasteiger partial charge in [0, 0.05) is 25.2 Å². The summed E-state index contributed by atoms with van der Waals surface area (Å²) in [6, 6.07) is 1.62. The minimum atomic E-state index is -0.819. The molecule has 1 aromatic rings. The SMILES string of the molecule is O=C(O)CC[C@@H]1CCCCN1C(=O)c1cc(Cl)c[nH]1. The van der Waals surface area contributed by atoms with Crippen LogP contribution in [0.2, 0.25) is 5.02 Å². The summed E-state index contributed by atoms with van der Waals surface area (Å²) >= 11 is 5.80. The van der Waals surface area contributed by atoms with Crippen molar-refractivity contribution in [2.24, 2.45) is 0 Å². The molecule has 1 fully saturated rings. The standard InChI is InChI=1S/C13H17ClN2O3/c14-9-7-11(15-8-9)13(19)16-6-2-1-3-10(16)4-5-12(17)18/h7-8,10,15H,1-6H2,(H,17,18)/t10-/m0/s1. The Hall–Kier alpha value is -1.49. The summed E-state index contributed by atoms with van der Waals surface area (Å²) in [6.45, 7) is 0.680. The van der Waals surface area contributed by atoms with Gasteiger partial charge < -0.3 is 15.0 Å². The van der Waals surface area contributed by atoms with E-state index in [1.807, 2.05) is 0 Å². The van der Waals surface area contributed by atoms with E-state index in [2.05, 4.69) is 4.98 Å². The number of hydrogen-bond donors (Lipinski definition) is 2. The summed E-state index contributed by atoms with van der Waals surface area (Å²) < 4.78 is 0. The molecule has 0 bridgehead atoms. The van der Waals surface area contributed by atoms with Crippen molar-refractivity contribution >= 4 is 23.5 Å². The highest BCUT2D eigenvalue weighted by molar-refractivity contribution is 6.30. The molecule has 0 unspecified atom stereocenters. The van der Waals surface area contributed by atoms with E-state index in [0.29, 0.717) is 23.7 Å². The largest absolute Gasteiger partial charge is 0.481 e. The molecule has 6 heteroatoms. The highest BCUT2D eigenvalue weighted by atomic mass is 35.5. The van der Waals surface area contributed by atoms with E-state index in [-0.39, 0.29) is 18.4 Å². The molecule has 0 spiro atoms. The number of carboxylic acid groups (broad SMARTS) is 1. The van der Waals surface area contributed by atoms with Gasteiger partial charge in [-0.25, -0.2) is 0 Å². The lowest BCUT2D eigenvalue weighted by Gasteiger charge is -2.35. The van der Waals surface area contributed by atoms with E-state index in [9.17, 15) is 9.59 Å². The first-order valence-corrected chi connectivity index (χ1v) is 6.82. The lowest BCUT2D eigenvalue weighted by molar-refractivity contribution is -0.137. The molecular weight excluding hydrogens is 268 g/mol. The van der Waals surface area contributed by atoms with Crippen LogP contribution in [0.4, 0.5) is 0 Å². The Kier molecular flexibility index (Phi) is 4.47. The number of hydrogen-bond acceptors (Lipinski definition) is 2. The van der Waals surface area contributed by atoms with Crippen molar-refractivity contribution < 1.29 is 14.7 Å². The molecule has 5 nitrogen and oxygen atoms in total. The van der Waals surface area contributed by atoms with E-state index >= 15 is 0 Å². The van der Waals surface area contributed by atoms with Crippen LogP contribution in [-0.4, -0.2) is 39.5 Å². The van der Waals surface area contributed by atoms with Gasteiger partial charge in [-0.2, -0.15) is 0 Å². The molecule has 1 saturated heterocycles. The Bertz CT molecular complexity index is 472. The number of aromatic nitrogens is 1. The van der Waals surface area contributed by atoms with Crippen molar-refractivity contribution in [2.45, 2.75) is 38.1 Å². The summed E-state index contributed by atoms with van der Waals surface area (Å²) in [5.41, 5.74) is 0.465. The number of aromatic amines is 1. The summed E-state index contributed by atoms with van der Waals surface area (Å²) in [4.78, 5) is 27.6. The number of H-pyrrole nitrogens is 1. The number of amides is 1. The molecular formula is C13H17ClN2O3. The summed E-state index contributed by atoms with van der Waals surface area (Å²) in [6.07, 6.45) is 5.05. The fourth-order valence-electron chi connectivity index (χ4n) is 2.50. The Morgan fingerprint density at radius 2 is 2.26 bits per heavy atom. The number of carbonyl (C=O) groups is 2. The van der Waals surface area contributed by atoms with Gasteiger partial charge in [0.15, 0.2) is 0 Å². The van der Waals surface area contributed by atoms with Gasteiger partial charge >= 0.3 is 5.97 Å². The van der Waals surface area contributed by atoms with Crippen LogP contribution in [-0.2, 0) is 4.79 Å². The molecule has 1 atom stereocenters. The molecule has 1 aliphatic heterocycles. The zero-order chi connectivity index (χ0) is 13.8. The van der Waals surface area contributed by atoms with Crippen LogP contribution in [0, 0.1) is 0 Å². The first-order valence-electron chi connectivity index (χ1n) is 6.44. The topological polar surface area (TPSA) is 73.4 Å². The molecule has 1 amide bonds. The van der Waals surface area contributed by atoms with E-state index < -0.39 is 5.97 Å². The van der Waals surface area contributed by atoms with Crippen LogP contribution in [0.15, 0.2) is 12.3 Å². The summed E-state index contributed by atoms with van der Waals surface area (Å²) in [5, 5.41) is 9.26. The van der Waals surface area contributed by atoms with Crippen molar-refractivity contribution in [3.8, 4) is 0 Å². The van der Waals surface area contributed by atoms with Gasteiger partial charge in [-0.15, -0.1) is 0 Å². The molecule has 1 aliphatic rings. The van der Waals surface area contributed by atoms with Gasteiger partial charge in [-0.3, -0.25) is 9.59 Å². The number of rotatable bonds is 4. The molecule has 0 aromatic carbocycles. The van der Waals surface area contributed by atoms with E-state index in [0.717, 1.165) is 19.3 Å². The second-order valence-electron chi connectivity index (χ2n) is 4.81. The second-order valence-corrected chi connectivity index (χ2v) is 5.25. The molecule has 0 saturated carbocycles. The maximum absolute atomic E-state index is 12.4. The van der Waals surface area contributed by atoms with Crippen molar-refractivity contribution in [2.75, 3.05) is 6.54 Å². The zero-order valence-corrected chi connectivity index (χ0v) is 11.3. The van der Waals surface area contributed by atoms with Crippen molar-refractivity contribution in [1.82, 2.24) is 9.88 Å². The number of nitrogens with zero attached hydrogens (tertiary/aromatic N) is 1. The third-order valence-corrected chi connectivity index (χ3v) is 3.68. The van der Waals surface area contributed by atoms with Crippen molar-refractivity contribution in [3.63, 3.8) is 0 Å². The third-order valence-electron chi connectivity index (χ3n) is 3.46. The van der Waals surface area contributed by atoms with Crippen molar-refractivity contribution in [1.29, 1.82) is 0 Å². The number of likely N-dealkylation sites (tertiary alicyclic amines) is 1. The van der Waals surface area contributed by atoms with Crippen LogP contribution in [0.5, 0.6) is 0 Å². The highest BCUT2D eigenvalue weighted by Crippen LogP contribution is 2.23. The Balaban J connectivity index is 2.06. The average Bonchev–Trinajstić information content (AvgIpc) is 2.82. The Labute approximate surface area is 116 Å². The minimum absolute atomic E-state index is 0.0134. The smallest absolute Gasteiger partial charge is 0.303 e. The van der Waals surface area contributed by atoms with Crippen LogP contribution in [0.25, 0.3) is 0 Å². The monoisotopic (exact) mass is 284 g/mol. The number of piperidine rings is 1. The first-order chi connectivity index (χ1) is 9.08. The molecule has 0 aliphatic carbocycles. The number of aliphatic carboxylic acids is 1. The molecule has 2 N–H and O–H groups in total. The quantitative estimate of drug-likeness (QED) is 0.892. The van der Waals surface area contributed by atoms with E-state index in [1.54, 1.807) is 17.2 Å². The predicted molar refractivity (Wildman–Crippen MR) is 71.3 cm³/mol. The molecule has 0 radical (unpaired) electrons. The first kappa shape index (κ1) is 13.9. The fourth-order valence-corrected chi connectivity index (χ4v) is 2.67. The second kappa shape index (κ2) is 6.10. The fraction of sp³-hybridized carbons (Fsp3) is 0.538.